The van der Waals surface area contributed by atoms with Crippen LogP contribution in [0, 0.1) is 18.3 Å². The predicted octanol–water partition coefficient (Wildman–Crippen LogP) is 3.55. The number of nitriles is 1. The summed E-state index contributed by atoms with van der Waals surface area (Å²) in [5.74, 6) is 0.813. The highest BCUT2D eigenvalue weighted by Crippen LogP contribution is 2.29. The molecule has 2 aromatic heterocycles. The third-order valence-corrected chi connectivity index (χ3v) is 5.16. The first-order valence-electron chi connectivity index (χ1n) is 5.96. The molecule has 0 aliphatic heterocycles. The van der Waals surface area contributed by atoms with E-state index in [1.807, 2.05) is 13.0 Å². The average molecular weight is 325 g/mol. The minimum absolute atomic E-state index is 0.115. The molecule has 2 N–H and O–H groups in total. The summed E-state index contributed by atoms with van der Waals surface area (Å²) in [6.07, 6.45) is 2.39. The molecule has 7 heteroatoms. The second kappa shape index (κ2) is 7.04. The number of halogens is 1. The Morgan fingerprint density at radius 2 is 2.35 bits per heavy atom. The van der Waals surface area contributed by atoms with Gasteiger partial charge in [-0.2, -0.15) is 5.26 Å². The van der Waals surface area contributed by atoms with E-state index in [0.717, 1.165) is 27.6 Å². The second-order valence-electron chi connectivity index (χ2n) is 4.18. The molecule has 104 valence electrons. The molecule has 0 bridgehead atoms. The van der Waals surface area contributed by atoms with Crippen molar-refractivity contribution in [1.29, 1.82) is 5.26 Å². The van der Waals surface area contributed by atoms with E-state index < -0.39 is 0 Å². The van der Waals surface area contributed by atoms with Crippen molar-refractivity contribution in [2.24, 2.45) is 5.73 Å². The van der Waals surface area contributed by atoms with E-state index in [1.165, 1.54) is 11.3 Å². The lowest BCUT2D eigenvalue weighted by Gasteiger charge is -2.10. The fraction of sp³-hybridized carbons (Fsp3) is 0.308. The molecule has 0 radical (unpaired) electrons. The fourth-order valence-corrected chi connectivity index (χ4v) is 3.84. The molecule has 0 aliphatic carbocycles. The summed E-state index contributed by atoms with van der Waals surface area (Å²) in [5, 5.41) is 9.54. The van der Waals surface area contributed by atoms with E-state index in [0.29, 0.717) is 10.7 Å². The Balaban J connectivity index is 1.95. The number of thioether (sulfide) groups is 1. The molecule has 1 unspecified atom stereocenters. The SMILES string of the molecule is Cc1cc(SCCC(N)c2scnc2Cl)c(C#N)cn1. The van der Waals surface area contributed by atoms with Gasteiger partial charge in [0, 0.05) is 22.8 Å². The van der Waals surface area contributed by atoms with Gasteiger partial charge in [0.2, 0.25) is 0 Å². The van der Waals surface area contributed by atoms with E-state index in [-0.39, 0.29) is 6.04 Å². The van der Waals surface area contributed by atoms with Gasteiger partial charge in [-0.15, -0.1) is 23.1 Å². The summed E-state index contributed by atoms with van der Waals surface area (Å²) in [4.78, 5) is 9.97. The van der Waals surface area contributed by atoms with E-state index in [4.69, 9.17) is 22.6 Å². The average Bonchev–Trinajstić information content (AvgIpc) is 2.85. The van der Waals surface area contributed by atoms with Crippen LogP contribution in [0.25, 0.3) is 0 Å². The van der Waals surface area contributed by atoms with Gasteiger partial charge >= 0.3 is 0 Å². The number of thiazole rings is 1. The molecular weight excluding hydrogens is 312 g/mol. The maximum absolute atomic E-state index is 9.05. The van der Waals surface area contributed by atoms with Crippen molar-refractivity contribution in [3.05, 3.63) is 39.1 Å². The van der Waals surface area contributed by atoms with Crippen molar-refractivity contribution in [3.8, 4) is 6.07 Å². The number of aromatic nitrogens is 2. The van der Waals surface area contributed by atoms with Crippen LogP contribution in [-0.2, 0) is 0 Å². The summed E-state index contributed by atoms with van der Waals surface area (Å²) < 4.78 is 0. The van der Waals surface area contributed by atoms with Gasteiger partial charge < -0.3 is 5.73 Å². The quantitative estimate of drug-likeness (QED) is 0.851. The molecule has 0 fully saturated rings. The zero-order valence-corrected chi connectivity index (χ0v) is 13.2. The van der Waals surface area contributed by atoms with Gasteiger partial charge in [0.25, 0.3) is 0 Å². The van der Waals surface area contributed by atoms with Crippen LogP contribution in [0.2, 0.25) is 5.15 Å². The molecule has 20 heavy (non-hydrogen) atoms. The molecule has 0 aromatic carbocycles. The zero-order valence-electron chi connectivity index (χ0n) is 10.8. The third-order valence-electron chi connectivity index (χ3n) is 2.70. The number of nitrogens with two attached hydrogens (primary N) is 1. The van der Waals surface area contributed by atoms with Crippen LogP contribution >= 0.6 is 34.7 Å². The van der Waals surface area contributed by atoms with Crippen LogP contribution < -0.4 is 5.73 Å². The first-order chi connectivity index (χ1) is 9.61. The number of aryl methyl sites for hydroxylation is 1. The number of rotatable bonds is 5. The smallest absolute Gasteiger partial charge is 0.144 e. The van der Waals surface area contributed by atoms with Crippen LogP contribution in [-0.4, -0.2) is 15.7 Å². The Bertz CT molecular complexity index is 636. The molecule has 2 rings (SSSR count). The number of hydrogen-bond donors (Lipinski definition) is 1. The van der Waals surface area contributed by atoms with E-state index in [2.05, 4.69) is 16.0 Å². The van der Waals surface area contributed by atoms with Gasteiger partial charge in [0.1, 0.15) is 11.2 Å². The first kappa shape index (κ1) is 15.3. The van der Waals surface area contributed by atoms with Crippen molar-refractivity contribution in [2.45, 2.75) is 24.3 Å². The Kier molecular flexibility index (Phi) is 5.38. The van der Waals surface area contributed by atoms with Gasteiger partial charge in [-0.05, 0) is 25.2 Å². The number of nitrogens with zero attached hydrogens (tertiary/aromatic N) is 3. The highest BCUT2D eigenvalue weighted by molar-refractivity contribution is 7.99. The normalized spacial score (nSPS) is 12.1. The number of hydrogen-bond acceptors (Lipinski definition) is 6. The van der Waals surface area contributed by atoms with Crippen LogP contribution in [0.15, 0.2) is 22.7 Å². The van der Waals surface area contributed by atoms with Gasteiger partial charge in [-0.25, -0.2) is 4.98 Å². The van der Waals surface area contributed by atoms with Gasteiger partial charge in [-0.3, -0.25) is 4.98 Å². The Morgan fingerprint density at radius 3 is 3.00 bits per heavy atom. The lowest BCUT2D eigenvalue weighted by Crippen LogP contribution is -2.10. The molecule has 0 spiro atoms. The summed E-state index contributed by atoms with van der Waals surface area (Å²) in [5.41, 5.74) is 9.31. The summed E-state index contributed by atoms with van der Waals surface area (Å²) in [6, 6.07) is 3.96. The zero-order chi connectivity index (χ0) is 14.5. The molecule has 0 saturated heterocycles. The first-order valence-corrected chi connectivity index (χ1v) is 8.20. The van der Waals surface area contributed by atoms with Gasteiger partial charge in [0.15, 0.2) is 0 Å². The summed E-state index contributed by atoms with van der Waals surface area (Å²) in [6.45, 7) is 1.91. The molecule has 0 amide bonds. The Hall–Kier alpha value is -1.13. The van der Waals surface area contributed by atoms with Gasteiger partial charge in [-0.1, -0.05) is 11.6 Å². The Labute approximate surface area is 131 Å². The van der Waals surface area contributed by atoms with Crippen molar-refractivity contribution in [3.63, 3.8) is 0 Å². The molecule has 4 nitrogen and oxygen atoms in total. The minimum Gasteiger partial charge on any atom is -0.323 e. The summed E-state index contributed by atoms with van der Waals surface area (Å²) >= 11 is 9.05. The summed E-state index contributed by atoms with van der Waals surface area (Å²) in [7, 11) is 0. The maximum Gasteiger partial charge on any atom is 0.144 e. The van der Waals surface area contributed by atoms with E-state index in [9.17, 15) is 0 Å². The van der Waals surface area contributed by atoms with Crippen molar-refractivity contribution < 1.29 is 0 Å². The topological polar surface area (TPSA) is 75.6 Å². The Morgan fingerprint density at radius 1 is 1.55 bits per heavy atom. The molecule has 0 saturated carbocycles. The van der Waals surface area contributed by atoms with Crippen LogP contribution in [0.4, 0.5) is 0 Å². The molecule has 2 heterocycles. The lowest BCUT2D eigenvalue weighted by molar-refractivity contribution is 0.717. The lowest BCUT2D eigenvalue weighted by atomic mass is 10.2. The minimum atomic E-state index is -0.115. The third kappa shape index (κ3) is 3.70. The monoisotopic (exact) mass is 324 g/mol. The molecule has 0 aliphatic rings. The molecule has 2 aromatic rings. The molecular formula is C13H13ClN4S2. The number of pyridine rings is 1. The van der Waals surface area contributed by atoms with Crippen molar-refractivity contribution in [1.82, 2.24) is 9.97 Å². The highest BCUT2D eigenvalue weighted by Gasteiger charge is 2.13. The highest BCUT2D eigenvalue weighted by atomic mass is 35.5. The fourth-order valence-electron chi connectivity index (χ4n) is 1.65. The van der Waals surface area contributed by atoms with Crippen LogP contribution in [0.3, 0.4) is 0 Å². The van der Waals surface area contributed by atoms with Crippen molar-refractivity contribution in [2.75, 3.05) is 5.75 Å². The van der Waals surface area contributed by atoms with E-state index >= 15 is 0 Å². The standard InChI is InChI=1S/C13H13ClN4S2/c1-8-4-11(9(5-15)6-17-8)19-3-2-10(16)12-13(14)18-7-20-12/h4,6-7,10H,2-3,16H2,1H3. The van der Waals surface area contributed by atoms with Crippen molar-refractivity contribution >= 4 is 34.7 Å². The largest absolute Gasteiger partial charge is 0.323 e. The molecule has 1 atom stereocenters. The predicted molar refractivity (Wildman–Crippen MR) is 83.1 cm³/mol. The van der Waals surface area contributed by atoms with Crippen LogP contribution in [0.5, 0.6) is 0 Å². The van der Waals surface area contributed by atoms with E-state index in [1.54, 1.807) is 23.5 Å². The van der Waals surface area contributed by atoms with Crippen LogP contribution in [0.1, 0.15) is 28.6 Å². The maximum atomic E-state index is 9.05. The second-order valence-corrected chi connectivity index (χ2v) is 6.57. The van der Waals surface area contributed by atoms with Gasteiger partial charge in [0.05, 0.1) is 16.0 Å².